The maximum Gasteiger partial charge on any atom is 0.141 e. The Bertz CT molecular complexity index is 603. The van der Waals surface area contributed by atoms with Crippen molar-refractivity contribution in [1.82, 2.24) is 5.32 Å². The fourth-order valence-electron chi connectivity index (χ4n) is 1.66. The van der Waals surface area contributed by atoms with Crippen molar-refractivity contribution in [1.29, 1.82) is 5.26 Å². The molecule has 0 unspecified atom stereocenters. The van der Waals surface area contributed by atoms with Gasteiger partial charge in [0, 0.05) is 6.54 Å². The Hall–Kier alpha value is -1.83. The minimum Gasteiger partial charge on any atom is -0.456 e. The van der Waals surface area contributed by atoms with Crippen molar-refractivity contribution in [2.45, 2.75) is 6.54 Å². The molecule has 0 atom stereocenters. The molecule has 19 heavy (non-hydrogen) atoms. The number of benzene rings is 2. The molecule has 4 heteroatoms. The smallest absolute Gasteiger partial charge is 0.141 e. The summed E-state index contributed by atoms with van der Waals surface area (Å²) in [7, 11) is 1.91. The molecule has 2 aromatic carbocycles. The highest BCUT2D eigenvalue weighted by Crippen LogP contribution is 2.30. The fourth-order valence-corrected chi connectivity index (χ4v) is 2.12. The molecular weight excluding hydrogens is 304 g/mol. The number of nitrogens with zero attached hydrogens (tertiary/aromatic N) is 1. The lowest BCUT2D eigenvalue weighted by Crippen LogP contribution is -2.04. The number of hydrogen-bond acceptors (Lipinski definition) is 3. The Morgan fingerprint density at radius 1 is 1.21 bits per heavy atom. The number of ether oxygens (including phenoxy) is 1. The average Bonchev–Trinajstić information content (AvgIpc) is 2.43. The standard InChI is InChI=1S/C15H13BrN2O/c1-18-10-11-2-5-13(6-3-11)19-15-7-4-12(9-17)8-14(15)16/h2-8,18H,10H2,1H3. The first-order valence-electron chi connectivity index (χ1n) is 5.84. The largest absolute Gasteiger partial charge is 0.456 e. The van der Waals surface area contributed by atoms with Gasteiger partial charge in [-0.1, -0.05) is 12.1 Å². The zero-order chi connectivity index (χ0) is 13.7. The van der Waals surface area contributed by atoms with E-state index in [0.29, 0.717) is 11.3 Å². The van der Waals surface area contributed by atoms with E-state index in [1.54, 1.807) is 18.2 Å². The molecule has 0 aliphatic heterocycles. The van der Waals surface area contributed by atoms with Crippen LogP contribution in [0.4, 0.5) is 0 Å². The summed E-state index contributed by atoms with van der Waals surface area (Å²) in [6.07, 6.45) is 0. The van der Waals surface area contributed by atoms with Crippen molar-refractivity contribution >= 4 is 15.9 Å². The van der Waals surface area contributed by atoms with E-state index in [0.717, 1.165) is 16.8 Å². The van der Waals surface area contributed by atoms with Gasteiger partial charge in [-0.15, -0.1) is 0 Å². The SMILES string of the molecule is CNCc1ccc(Oc2ccc(C#N)cc2Br)cc1. The van der Waals surface area contributed by atoms with Gasteiger partial charge >= 0.3 is 0 Å². The molecule has 96 valence electrons. The molecule has 2 aromatic rings. The second-order valence-corrected chi connectivity index (χ2v) is 4.89. The Morgan fingerprint density at radius 3 is 2.53 bits per heavy atom. The van der Waals surface area contributed by atoms with Gasteiger partial charge in [-0.05, 0) is 58.9 Å². The van der Waals surface area contributed by atoms with E-state index in [2.05, 4.69) is 27.3 Å². The summed E-state index contributed by atoms with van der Waals surface area (Å²) in [5, 5.41) is 11.9. The van der Waals surface area contributed by atoms with Crippen LogP contribution in [0, 0.1) is 11.3 Å². The molecule has 0 heterocycles. The van der Waals surface area contributed by atoms with Crippen LogP contribution in [0.5, 0.6) is 11.5 Å². The molecule has 0 spiro atoms. The van der Waals surface area contributed by atoms with Crippen LogP contribution >= 0.6 is 15.9 Å². The van der Waals surface area contributed by atoms with E-state index in [1.807, 2.05) is 31.3 Å². The van der Waals surface area contributed by atoms with Gasteiger partial charge in [0.05, 0.1) is 16.1 Å². The van der Waals surface area contributed by atoms with E-state index < -0.39 is 0 Å². The number of hydrogen-bond donors (Lipinski definition) is 1. The third-order valence-corrected chi connectivity index (χ3v) is 3.21. The van der Waals surface area contributed by atoms with Gasteiger partial charge < -0.3 is 10.1 Å². The minimum atomic E-state index is 0.601. The van der Waals surface area contributed by atoms with Crippen molar-refractivity contribution in [2.24, 2.45) is 0 Å². The van der Waals surface area contributed by atoms with Gasteiger partial charge in [0.25, 0.3) is 0 Å². The van der Waals surface area contributed by atoms with Crippen molar-refractivity contribution in [2.75, 3.05) is 7.05 Å². The molecule has 0 aliphatic carbocycles. The maximum atomic E-state index is 8.81. The normalized spacial score (nSPS) is 9.95. The molecule has 0 aliphatic rings. The van der Waals surface area contributed by atoms with Crippen LogP contribution in [0.15, 0.2) is 46.9 Å². The summed E-state index contributed by atoms with van der Waals surface area (Å²) in [5.41, 5.74) is 1.80. The van der Waals surface area contributed by atoms with Gasteiger partial charge in [0.15, 0.2) is 0 Å². The van der Waals surface area contributed by atoms with Gasteiger partial charge in [0.2, 0.25) is 0 Å². The molecule has 0 saturated heterocycles. The Morgan fingerprint density at radius 2 is 1.95 bits per heavy atom. The molecule has 0 radical (unpaired) electrons. The van der Waals surface area contributed by atoms with Crippen LogP contribution in [0.1, 0.15) is 11.1 Å². The lowest BCUT2D eigenvalue weighted by atomic mass is 10.2. The van der Waals surface area contributed by atoms with Gasteiger partial charge in [-0.2, -0.15) is 5.26 Å². The van der Waals surface area contributed by atoms with E-state index in [1.165, 1.54) is 5.56 Å². The van der Waals surface area contributed by atoms with Crippen LogP contribution in [0.25, 0.3) is 0 Å². The summed E-state index contributed by atoms with van der Waals surface area (Å²) in [5.74, 6) is 1.46. The zero-order valence-corrected chi connectivity index (χ0v) is 12.1. The number of nitrogens with one attached hydrogen (secondary N) is 1. The lowest BCUT2D eigenvalue weighted by molar-refractivity contribution is 0.479. The number of rotatable bonds is 4. The molecule has 2 rings (SSSR count). The Kier molecular flexibility index (Phi) is 4.56. The molecule has 0 saturated carbocycles. The predicted molar refractivity (Wildman–Crippen MR) is 78.1 cm³/mol. The molecule has 0 amide bonds. The predicted octanol–water partition coefficient (Wildman–Crippen LogP) is 3.83. The number of nitriles is 1. The third-order valence-electron chi connectivity index (χ3n) is 2.59. The van der Waals surface area contributed by atoms with Crippen LogP contribution in [-0.2, 0) is 6.54 Å². The topological polar surface area (TPSA) is 45.0 Å². The Labute approximate surface area is 121 Å². The first-order chi connectivity index (χ1) is 9.22. The summed E-state index contributed by atoms with van der Waals surface area (Å²) >= 11 is 3.40. The molecular formula is C15H13BrN2O. The van der Waals surface area contributed by atoms with Crippen molar-refractivity contribution in [3.63, 3.8) is 0 Å². The highest BCUT2D eigenvalue weighted by molar-refractivity contribution is 9.10. The van der Waals surface area contributed by atoms with E-state index in [9.17, 15) is 0 Å². The van der Waals surface area contributed by atoms with E-state index in [-0.39, 0.29) is 0 Å². The first-order valence-corrected chi connectivity index (χ1v) is 6.63. The highest BCUT2D eigenvalue weighted by Gasteiger charge is 2.04. The van der Waals surface area contributed by atoms with Gasteiger partial charge in [0.1, 0.15) is 11.5 Å². The second-order valence-electron chi connectivity index (χ2n) is 4.03. The average molecular weight is 317 g/mol. The van der Waals surface area contributed by atoms with Crippen LogP contribution < -0.4 is 10.1 Å². The first kappa shape index (κ1) is 13.6. The summed E-state index contributed by atoms with van der Waals surface area (Å²) < 4.78 is 6.53. The van der Waals surface area contributed by atoms with E-state index in [4.69, 9.17) is 10.00 Å². The van der Waals surface area contributed by atoms with Crippen LogP contribution in [0.2, 0.25) is 0 Å². The van der Waals surface area contributed by atoms with Crippen molar-refractivity contribution in [3.8, 4) is 17.6 Å². The van der Waals surface area contributed by atoms with Crippen LogP contribution in [0.3, 0.4) is 0 Å². The number of halogens is 1. The second kappa shape index (κ2) is 6.37. The molecule has 0 bridgehead atoms. The molecule has 0 fully saturated rings. The Balaban J connectivity index is 2.15. The van der Waals surface area contributed by atoms with Crippen molar-refractivity contribution < 1.29 is 4.74 Å². The van der Waals surface area contributed by atoms with Crippen molar-refractivity contribution in [3.05, 3.63) is 58.1 Å². The van der Waals surface area contributed by atoms with Gasteiger partial charge in [-0.25, -0.2) is 0 Å². The zero-order valence-electron chi connectivity index (χ0n) is 10.5. The third kappa shape index (κ3) is 3.57. The highest BCUT2D eigenvalue weighted by atomic mass is 79.9. The van der Waals surface area contributed by atoms with E-state index >= 15 is 0 Å². The molecule has 0 aromatic heterocycles. The van der Waals surface area contributed by atoms with Gasteiger partial charge in [-0.3, -0.25) is 0 Å². The summed E-state index contributed by atoms with van der Waals surface area (Å²) in [6, 6.07) is 15.2. The maximum absolute atomic E-state index is 8.81. The summed E-state index contributed by atoms with van der Waals surface area (Å²) in [4.78, 5) is 0. The molecule has 3 nitrogen and oxygen atoms in total. The fraction of sp³-hybridized carbons (Fsp3) is 0.133. The monoisotopic (exact) mass is 316 g/mol. The molecule has 1 N–H and O–H groups in total. The van der Waals surface area contributed by atoms with Crippen LogP contribution in [-0.4, -0.2) is 7.05 Å². The quantitative estimate of drug-likeness (QED) is 0.932. The summed E-state index contributed by atoms with van der Waals surface area (Å²) in [6.45, 7) is 0.834. The minimum absolute atomic E-state index is 0.601. The lowest BCUT2D eigenvalue weighted by Gasteiger charge is -2.08.